The molecule has 2 heterocycles. The highest BCUT2D eigenvalue weighted by Crippen LogP contribution is 2.28. The number of carbonyl (C=O) groups excluding carboxylic acids is 1. The molecule has 3 rings (SSSR count). The first-order valence-electron chi connectivity index (χ1n) is 7.69. The van der Waals surface area contributed by atoms with Gasteiger partial charge in [-0.15, -0.1) is 0 Å². The Morgan fingerprint density at radius 2 is 1.87 bits per heavy atom. The Labute approximate surface area is 140 Å². The van der Waals surface area contributed by atoms with Crippen LogP contribution in [0.25, 0.3) is 0 Å². The van der Waals surface area contributed by atoms with Gasteiger partial charge in [0.25, 0.3) is 5.91 Å². The molecule has 0 saturated carbocycles. The zero-order chi connectivity index (χ0) is 16.3. The molecular weight excluding hydrogens is 312 g/mol. The predicted molar refractivity (Wildman–Crippen MR) is 89.3 cm³/mol. The number of rotatable bonds is 4. The number of amides is 1. The number of nitrogens with zero attached hydrogens (tertiary/aromatic N) is 1. The second kappa shape index (κ2) is 6.69. The van der Waals surface area contributed by atoms with Crippen LogP contribution in [-0.2, 0) is 9.53 Å². The molecule has 1 aromatic carbocycles. The summed E-state index contributed by atoms with van der Waals surface area (Å²) in [6.07, 6.45) is 5.09. The van der Waals surface area contributed by atoms with E-state index in [1.165, 1.54) is 0 Å². The highest BCUT2D eigenvalue weighted by Gasteiger charge is 2.38. The molecule has 0 bridgehead atoms. The van der Waals surface area contributed by atoms with E-state index >= 15 is 0 Å². The van der Waals surface area contributed by atoms with Crippen LogP contribution in [0.2, 0.25) is 5.02 Å². The fourth-order valence-electron chi connectivity index (χ4n) is 2.81. The third kappa shape index (κ3) is 3.54. The summed E-state index contributed by atoms with van der Waals surface area (Å²) in [5.74, 6) is -0.0910. The maximum atomic E-state index is 12.7. The average molecular weight is 331 g/mol. The Balaban J connectivity index is 1.89. The summed E-state index contributed by atoms with van der Waals surface area (Å²) in [6, 6.07) is 11.0. The van der Waals surface area contributed by atoms with E-state index in [-0.39, 0.29) is 11.9 Å². The van der Waals surface area contributed by atoms with Crippen molar-refractivity contribution in [1.82, 2.24) is 10.3 Å². The van der Waals surface area contributed by atoms with Gasteiger partial charge in [-0.2, -0.15) is 0 Å². The van der Waals surface area contributed by atoms with Crippen LogP contribution in [0.4, 0.5) is 0 Å². The second-order valence-electron chi connectivity index (χ2n) is 5.92. The minimum Gasteiger partial charge on any atom is -0.365 e. The summed E-state index contributed by atoms with van der Waals surface area (Å²) in [5.41, 5.74) is 1.19. The quantitative estimate of drug-likeness (QED) is 0.933. The Hall–Kier alpha value is -1.91. The molecule has 4 nitrogen and oxygen atoms in total. The van der Waals surface area contributed by atoms with Crippen molar-refractivity contribution in [2.75, 3.05) is 6.61 Å². The third-order valence-electron chi connectivity index (χ3n) is 4.22. The molecule has 2 unspecified atom stereocenters. The van der Waals surface area contributed by atoms with Gasteiger partial charge in [0.05, 0.1) is 6.04 Å². The van der Waals surface area contributed by atoms with Crippen LogP contribution in [0.5, 0.6) is 0 Å². The maximum Gasteiger partial charge on any atom is 0.252 e. The lowest BCUT2D eigenvalue weighted by Gasteiger charge is -2.27. The van der Waals surface area contributed by atoms with Gasteiger partial charge in [0.1, 0.15) is 5.60 Å². The van der Waals surface area contributed by atoms with E-state index in [2.05, 4.69) is 10.3 Å². The van der Waals surface area contributed by atoms with Crippen molar-refractivity contribution >= 4 is 17.5 Å². The van der Waals surface area contributed by atoms with E-state index < -0.39 is 5.60 Å². The summed E-state index contributed by atoms with van der Waals surface area (Å²) in [5, 5.41) is 3.78. The highest BCUT2D eigenvalue weighted by molar-refractivity contribution is 6.30. The lowest BCUT2D eigenvalue weighted by molar-refractivity contribution is -0.140. The molecule has 1 aromatic heterocycles. The van der Waals surface area contributed by atoms with Crippen molar-refractivity contribution in [1.29, 1.82) is 0 Å². The number of nitrogens with one attached hydrogen (secondary N) is 1. The minimum absolute atomic E-state index is 0.0910. The van der Waals surface area contributed by atoms with Gasteiger partial charge in [-0.25, -0.2) is 0 Å². The van der Waals surface area contributed by atoms with Crippen molar-refractivity contribution in [2.24, 2.45) is 0 Å². The SMILES string of the molecule is CC1(C(=O)NC(c2ccncc2)c2ccc(Cl)cc2)CCCO1. The molecule has 1 aliphatic heterocycles. The van der Waals surface area contributed by atoms with Gasteiger partial charge in [-0.1, -0.05) is 23.7 Å². The Morgan fingerprint density at radius 1 is 1.22 bits per heavy atom. The second-order valence-corrected chi connectivity index (χ2v) is 6.36. The number of hydrogen-bond donors (Lipinski definition) is 1. The van der Waals surface area contributed by atoms with E-state index in [0.717, 1.165) is 24.0 Å². The van der Waals surface area contributed by atoms with Crippen LogP contribution < -0.4 is 5.32 Å². The Kier molecular flexibility index (Phi) is 4.64. The van der Waals surface area contributed by atoms with E-state index in [1.807, 2.05) is 43.3 Å². The highest BCUT2D eigenvalue weighted by atomic mass is 35.5. The summed E-state index contributed by atoms with van der Waals surface area (Å²) in [6.45, 7) is 2.48. The van der Waals surface area contributed by atoms with Crippen LogP contribution in [0.1, 0.15) is 36.9 Å². The van der Waals surface area contributed by atoms with Crippen LogP contribution >= 0.6 is 11.6 Å². The molecule has 0 aliphatic carbocycles. The van der Waals surface area contributed by atoms with Crippen LogP contribution in [0.3, 0.4) is 0 Å². The normalized spacial score (nSPS) is 21.8. The fourth-order valence-corrected chi connectivity index (χ4v) is 2.94. The molecule has 1 amide bonds. The van der Waals surface area contributed by atoms with E-state index in [4.69, 9.17) is 16.3 Å². The molecule has 2 aromatic rings. The minimum atomic E-state index is -0.752. The first kappa shape index (κ1) is 16.0. The van der Waals surface area contributed by atoms with Crippen molar-refractivity contribution in [3.63, 3.8) is 0 Å². The molecule has 120 valence electrons. The van der Waals surface area contributed by atoms with Crippen LogP contribution in [0, 0.1) is 0 Å². The number of carbonyl (C=O) groups is 1. The summed E-state index contributed by atoms with van der Waals surface area (Å²) >= 11 is 5.98. The largest absolute Gasteiger partial charge is 0.365 e. The predicted octanol–water partition coefficient (Wildman–Crippen LogP) is 3.51. The molecule has 1 fully saturated rings. The number of aromatic nitrogens is 1. The summed E-state index contributed by atoms with van der Waals surface area (Å²) < 4.78 is 5.65. The van der Waals surface area contributed by atoms with Crippen molar-refractivity contribution in [2.45, 2.75) is 31.4 Å². The van der Waals surface area contributed by atoms with Crippen LogP contribution in [-0.4, -0.2) is 23.1 Å². The summed E-state index contributed by atoms with van der Waals surface area (Å²) in [4.78, 5) is 16.8. The third-order valence-corrected chi connectivity index (χ3v) is 4.47. The fraction of sp³-hybridized carbons (Fsp3) is 0.333. The van der Waals surface area contributed by atoms with Gasteiger partial charge in [0.15, 0.2) is 0 Å². The molecule has 2 atom stereocenters. The number of benzene rings is 1. The molecule has 1 aliphatic rings. The Bertz CT molecular complexity index is 667. The molecule has 0 spiro atoms. The van der Waals surface area contributed by atoms with Gasteiger partial charge in [0, 0.05) is 24.0 Å². The van der Waals surface area contributed by atoms with Gasteiger partial charge in [0.2, 0.25) is 0 Å². The van der Waals surface area contributed by atoms with Crippen molar-refractivity contribution in [3.05, 3.63) is 64.9 Å². The molecule has 0 radical (unpaired) electrons. The summed E-state index contributed by atoms with van der Waals surface area (Å²) in [7, 11) is 0. The molecule has 5 heteroatoms. The zero-order valence-corrected chi connectivity index (χ0v) is 13.7. The van der Waals surface area contributed by atoms with Gasteiger partial charge in [-0.05, 0) is 55.2 Å². The first-order valence-corrected chi connectivity index (χ1v) is 8.07. The van der Waals surface area contributed by atoms with Gasteiger partial charge >= 0.3 is 0 Å². The average Bonchev–Trinajstić information content (AvgIpc) is 3.02. The lowest BCUT2D eigenvalue weighted by atomic mass is 9.96. The first-order chi connectivity index (χ1) is 11.1. The lowest BCUT2D eigenvalue weighted by Crippen LogP contribution is -2.45. The van der Waals surface area contributed by atoms with E-state index in [1.54, 1.807) is 12.4 Å². The van der Waals surface area contributed by atoms with Gasteiger partial charge < -0.3 is 10.1 Å². The monoisotopic (exact) mass is 330 g/mol. The molecule has 23 heavy (non-hydrogen) atoms. The zero-order valence-electron chi connectivity index (χ0n) is 13.0. The number of ether oxygens (including phenoxy) is 1. The topological polar surface area (TPSA) is 51.2 Å². The van der Waals surface area contributed by atoms with E-state index in [9.17, 15) is 4.79 Å². The molecule has 1 saturated heterocycles. The molecular formula is C18H19ClN2O2. The number of pyridine rings is 1. The Morgan fingerprint density at radius 3 is 2.48 bits per heavy atom. The van der Waals surface area contributed by atoms with Crippen molar-refractivity contribution in [3.8, 4) is 0 Å². The molecule has 1 N–H and O–H groups in total. The van der Waals surface area contributed by atoms with E-state index in [0.29, 0.717) is 11.6 Å². The smallest absolute Gasteiger partial charge is 0.252 e. The number of hydrogen-bond acceptors (Lipinski definition) is 3. The van der Waals surface area contributed by atoms with Crippen LogP contribution in [0.15, 0.2) is 48.8 Å². The van der Waals surface area contributed by atoms with Gasteiger partial charge in [-0.3, -0.25) is 9.78 Å². The standard InChI is InChI=1S/C18H19ClN2O2/c1-18(9-2-12-23-18)17(22)21-16(14-7-10-20-11-8-14)13-3-5-15(19)6-4-13/h3-8,10-11,16H,2,9,12H2,1H3,(H,21,22). The number of halogens is 1. The maximum absolute atomic E-state index is 12.7. The van der Waals surface area contributed by atoms with Crippen molar-refractivity contribution < 1.29 is 9.53 Å².